The van der Waals surface area contributed by atoms with Gasteiger partial charge in [-0.25, -0.2) is 4.39 Å². The first-order valence-electron chi connectivity index (χ1n) is 6.98. The summed E-state index contributed by atoms with van der Waals surface area (Å²) in [6.45, 7) is 2.12. The number of aliphatic hydroxyl groups excluding tert-OH is 1. The fourth-order valence-corrected chi connectivity index (χ4v) is 2.11. The van der Waals surface area contributed by atoms with Gasteiger partial charge in [-0.15, -0.1) is 0 Å². The molecule has 4 nitrogen and oxygen atoms in total. The van der Waals surface area contributed by atoms with Gasteiger partial charge in [0.15, 0.2) is 0 Å². The van der Waals surface area contributed by atoms with Crippen LogP contribution in [0.15, 0.2) is 18.2 Å². The Hall–Kier alpha value is -1.90. The van der Waals surface area contributed by atoms with Crippen LogP contribution in [0.25, 0.3) is 0 Å². The van der Waals surface area contributed by atoms with Gasteiger partial charge >= 0.3 is 0 Å². The molecule has 1 N–H and O–H groups in total. The van der Waals surface area contributed by atoms with Gasteiger partial charge < -0.3 is 14.7 Å². The predicted molar refractivity (Wildman–Crippen MR) is 76.3 cm³/mol. The summed E-state index contributed by atoms with van der Waals surface area (Å²) in [5, 5.41) is 8.69. The number of hydrogen-bond donors (Lipinski definition) is 1. The number of amides is 1. The number of rotatable bonds is 2. The molecule has 5 heteroatoms. The zero-order valence-electron chi connectivity index (χ0n) is 11.8. The first-order valence-corrected chi connectivity index (χ1v) is 6.98. The number of hydrogen-bond acceptors (Lipinski definition) is 3. The van der Waals surface area contributed by atoms with E-state index in [1.807, 2.05) is 0 Å². The maximum absolute atomic E-state index is 13.9. The van der Waals surface area contributed by atoms with Gasteiger partial charge in [0.05, 0.1) is 18.8 Å². The van der Waals surface area contributed by atoms with E-state index < -0.39 is 5.82 Å². The SMILES string of the molecule is O=C(c1cc(C#CCCO)ccc1F)N1CCCOCC1. The fourth-order valence-electron chi connectivity index (χ4n) is 2.11. The smallest absolute Gasteiger partial charge is 0.256 e. The Kier molecular flexibility index (Phi) is 5.73. The molecule has 0 bridgehead atoms. The molecule has 1 aliphatic rings. The van der Waals surface area contributed by atoms with Crippen molar-refractivity contribution in [3.63, 3.8) is 0 Å². The summed E-state index contributed by atoms with van der Waals surface area (Å²) in [7, 11) is 0. The monoisotopic (exact) mass is 291 g/mol. The molecule has 1 fully saturated rings. The molecule has 1 aromatic carbocycles. The maximum atomic E-state index is 13.9. The lowest BCUT2D eigenvalue weighted by Gasteiger charge is -2.20. The minimum atomic E-state index is -0.544. The van der Waals surface area contributed by atoms with Crippen molar-refractivity contribution in [3.05, 3.63) is 35.1 Å². The summed E-state index contributed by atoms with van der Waals surface area (Å²) in [6.07, 6.45) is 1.10. The lowest BCUT2D eigenvalue weighted by Crippen LogP contribution is -2.33. The van der Waals surface area contributed by atoms with Crippen LogP contribution in [0, 0.1) is 17.7 Å². The quantitative estimate of drug-likeness (QED) is 0.839. The van der Waals surface area contributed by atoms with Gasteiger partial charge in [0.2, 0.25) is 0 Å². The molecule has 1 saturated heterocycles. The number of halogens is 1. The van der Waals surface area contributed by atoms with Crippen molar-refractivity contribution in [1.82, 2.24) is 4.90 Å². The second-order valence-corrected chi connectivity index (χ2v) is 4.73. The second-order valence-electron chi connectivity index (χ2n) is 4.73. The first kappa shape index (κ1) is 15.5. The molecule has 0 atom stereocenters. The van der Waals surface area contributed by atoms with Gasteiger partial charge in [0, 0.05) is 31.7 Å². The summed E-state index contributed by atoms with van der Waals surface area (Å²) >= 11 is 0. The zero-order valence-corrected chi connectivity index (χ0v) is 11.8. The molecule has 0 saturated carbocycles. The molecule has 112 valence electrons. The lowest BCUT2D eigenvalue weighted by molar-refractivity contribution is 0.0736. The standard InChI is InChI=1S/C16H18FNO3/c17-15-6-5-13(4-1-2-9-19)12-14(15)16(20)18-7-3-10-21-11-8-18/h5-6,12,19H,2-3,7-11H2. The molecular weight excluding hydrogens is 273 g/mol. The Morgan fingerprint density at radius 2 is 2.24 bits per heavy atom. The van der Waals surface area contributed by atoms with E-state index >= 15 is 0 Å². The van der Waals surface area contributed by atoms with Gasteiger partial charge in [-0.05, 0) is 24.6 Å². The Balaban J connectivity index is 2.19. The van der Waals surface area contributed by atoms with E-state index in [0.717, 1.165) is 6.42 Å². The average Bonchev–Trinajstić information content (AvgIpc) is 2.77. The maximum Gasteiger partial charge on any atom is 0.256 e. The van der Waals surface area contributed by atoms with Crippen LogP contribution in [-0.2, 0) is 4.74 Å². The van der Waals surface area contributed by atoms with Gasteiger partial charge in [-0.2, -0.15) is 0 Å². The van der Waals surface area contributed by atoms with Crippen LogP contribution in [0.1, 0.15) is 28.8 Å². The van der Waals surface area contributed by atoms with Crippen molar-refractivity contribution in [2.24, 2.45) is 0 Å². The summed E-state index contributed by atoms with van der Waals surface area (Å²) in [6, 6.07) is 4.25. The molecule has 0 aromatic heterocycles. The Labute approximate surface area is 123 Å². The van der Waals surface area contributed by atoms with Crippen molar-refractivity contribution >= 4 is 5.91 Å². The highest BCUT2D eigenvalue weighted by Crippen LogP contribution is 2.14. The summed E-state index contributed by atoms with van der Waals surface area (Å²) in [5.41, 5.74) is 0.604. The largest absolute Gasteiger partial charge is 0.395 e. The topological polar surface area (TPSA) is 49.8 Å². The highest BCUT2D eigenvalue weighted by atomic mass is 19.1. The van der Waals surface area contributed by atoms with Crippen LogP contribution in [0.4, 0.5) is 4.39 Å². The van der Waals surface area contributed by atoms with Crippen LogP contribution >= 0.6 is 0 Å². The molecule has 1 aromatic rings. The Morgan fingerprint density at radius 1 is 1.38 bits per heavy atom. The third kappa shape index (κ3) is 4.28. The van der Waals surface area contributed by atoms with Gasteiger partial charge in [0.25, 0.3) is 5.91 Å². The van der Waals surface area contributed by atoms with Crippen molar-refractivity contribution < 1.29 is 19.0 Å². The number of aliphatic hydroxyl groups is 1. The highest BCUT2D eigenvalue weighted by Gasteiger charge is 2.20. The number of carbonyl (C=O) groups is 1. The second kappa shape index (κ2) is 7.77. The minimum Gasteiger partial charge on any atom is -0.395 e. The molecule has 1 aliphatic heterocycles. The molecule has 1 heterocycles. The van der Waals surface area contributed by atoms with Crippen molar-refractivity contribution in [3.8, 4) is 11.8 Å². The number of ether oxygens (including phenoxy) is 1. The average molecular weight is 291 g/mol. The van der Waals surface area contributed by atoms with Crippen LogP contribution < -0.4 is 0 Å². The number of benzene rings is 1. The number of carbonyl (C=O) groups excluding carboxylic acids is 1. The number of nitrogens with zero attached hydrogens (tertiary/aromatic N) is 1. The predicted octanol–water partition coefficient (Wildman–Crippen LogP) is 1.42. The fraction of sp³-hybridized carbons (Fsp3) is 0.438. The van der Waals surface area contributed by atoms with Gasteiger partial charge in [0.1, 0.15) is 5.82 Å². The highest BCUT2D eigenvalue weighted by molar-refractivity contribution is 5.94. The molecule has 21 heavy (non-hydrogen) atoms. The van der Waals surface area contributed by atoms with Crippen molar-refractivity contribution in [1.29, 1.82) is 0 Å². The van der Waals surface area contributed by atoms with E-state index in [9.17, 15) is 9.18 Å². The van der Waals surface area contributed by atoms with Gasteiger partial charge in [-0.3, -0.25) is 4.79 Å². The Morgan fingerprint density at radius 3 is 3.05 bits per heavy atom. The van der Waals surface area contributed by atoms with Crippen molar-refractivity contribution in [2.45, 2.75) is 12.8 Å². The summed E-state index contributed by atoms with van der Waals surface area (Å²) in [4.78, 5) is 14.0. The minimum absolute atomic E-state index is 0.0201. The van der Waals surface area contributed by atoms with E-state index in [1.165, 1.54) is 18.2 Å². The van der Waals surface area contributed by atoms with Gasteiger partial charge in [-0.1, -0.05) is 11.8 Å². The van der Waals surface area contributed by atoms with E-state index in [4.69, 9.17) is 9.84 Å². The van der Waals surface area contributed by atoms with Crippen LogP contribution in [0.2, 0.25) is 0 Å². The zero-order chi connectivity index (χ0) is 15.1. The van der Waals surface area contributed by atoms with Crippen LogP contribution in [0.5, 0.6) is 0 Å². The van der Waals surface area contributed by atoms with E-state index in [-0.39, 0.29) is 18.1 Å². The normalized spacial score (nSPS) is 15.0. The van der Waals surface area contributed by atoms with E-state index in [0.29, 0.717) is 38.3 Å². The first-order chi connectivity index (χ1) is 10.2. The van der Waals surface area contributed by atoms with E-state index in [1.54, 1.807) is 4.90 Å². The summed E-state index contributed by atoms with van der Waals surface area (Å²) < 4.78 is 19.2. The van der Waals surface area contributed by atoms with Crippen molar-refractivity contribution in [2.75, 3.05) is 32.9 Å². The lowest BCUT2D eigenvalue weighted by atomic mass is 10.1. The molecule has 0 spiro atoms. The summed E-state index contributed by atoms with van der Waals surface area (Å²) in [5.74, 6) is 4.70. The molecule has 2 rings (SSSR count). The molecule has 1 amide bonds. The third-order valence-corrected chi connectivity index (χ3v) is 3.18. The van der Waals surface area contributed by atoms with Crippen LogP contribution in [-0.4, -0.2) is 48.8 Å². The molecular formula is C16H18FNO3. The van der Waals surface area contributed by atoms with E-state index in [2.05, 4.69) is 11.8 Å². The molecule has 0 radical (unpaired) electrons. The molecule has 0 aliphatic carbocycles. The van der Waals surface area contributed by atoms with Crippen LogP contribution in [0.3, 0.4) is 0 Å². The molecule has 0 unspecified atom stereocenters. The Bertz CT molecular complexity index is 554. The third-order valence-electron chi connectivity index (χ3n) is 3.18.